The molecule has 7 nitrogen and oxygen atoms in total. The Kier molecular flexibility index (Phi) is 6.28. The minimum atomic E-state index is -3.46. The lowest BCUT2D eigenvalue weighted by atomic mass is 9.86. The van der Waals surface area contributed by atoms with E-state index in [1.165, 1.54) is 0 Å². The third-order valence-corrected chi connectivity index (χ3v) is 7.24. The lowest BCUT2D eigenvalue weighted by molar-refractivity contribution is 0.325. The van der Waals surface area contributed by atoms with Gasteiger partial charge in [0, 0.05) is 27.2 Å². The highest BCUT2D eigenvalue weighted by Crippen LogP contribution is 2.41. The number of sulfonamides is 1. The third-order valence-electron chi connectivity index (χ3n) is 6.14. The van der Waals surface area contributed by atoms with Crippen molar-refractivity contribution < 1.29 is 12.8 Å². The highest BCUT2D eigenvalue weighted by molar-refractivity contribution is 7.92. The average molecular weight is 541 g/mol. The van der Waals surface area contributed by atoms with Gasteiger partial charge in [-0.15, -0.1) is 10.2 Å². The van der Waals surface area contributed by atoms with Gasteiger partial charge in [-0.2, -0.15) is 0 Å². The van der Waals surface area contributed by atoms with Crippen molar-refractivity contribution in [2.24, 2.45) is 0 Å². The molecule has 184 valence electrons. The first-order chi connectivity index (χ1) is 17.2. The second-order valence-corrected chi connectivity index (χ2v) is 11.1. The summed E-state index contributed by atoms with van der Waals surface area (Å²) in [7, 11) is -3.46. The van der Waals surface area contributed by atoms with Crippen molar-refractivity contribution in [3.63, 3.8) is 0 Å². The van der Waals surface area contributed by atoms with Gasteiger partial charge in [0.1, 0.15) is 5.54 Å². The molecule has 1 atom stereocenters. The minimum absolute atomic E-state index is 0.365. The van der Waals surface area contributed by atoms with E-state index in [0.29, 0.717) is 33.9 Å². The molecule has 0 spiro atoms. The Labute approximate surface area is 218 Å². The molecule has 36 heavy (non-hydrogen) atoms. The summed E-state index contributed by atoms with van der Waals surface area (Å²) in [5, 5.41) is 10.8. The number of anilines is 1. The molecule has 5 aromatic rings. The fourth-order valence-electron chi connectivity index (χ4n) is 4.51. The molecular formula is C26H22Cl2N4O3S. The maximum absolute atomic E-state index is 12.0. The predicted octanol–water partition coefficient (Wildman–Crippen LogP) is 6.57. The number of benzene rings is 3. The molecule has 0 aliphatic carbocycles. The number of aromatic nitrogens is 3. The number of halogens is 2. The van der Waals surface area contributed by atoms with Crippen LogP contribution in [-0.4, -0.2) is 29.4 Å². The Hall–Kier alpha value is -3.33. The lowest BCUT2D eigenvalue weighted by Gasteiger charge is -2.33. The number of hydrogen-bond acceptors (Lipinski definition) is 5. The van der Waals surface area contributed by atoms with E-state index in [1.807, 2.05) is 72.3 Å². The summed E-state index contributed by atoms with van der Waals surface area (Å²) in [5.41, 5.74) is 2.03. The van der Waals surface area contributed by atoms with Gasteiger partial charge in [0.05, 0.1) is 17.5 Å². The monoisotopic (exact) mass is 540 g/mol. The number of nitrogens with one attached hydrogen (secondary N) is 1. The number of nitrogens with zero attached hydrogens (tertiary/aromatic N) is 3. The van der Waals surface area contributed by atoms with E-state index in [-0.39, 0.29) is 0 Å². The maximum Gasteiger partial charge on any atom is 0.247 e. The van der Waals surface area contributed by atoms with Crippen molar-refractivity contribution in [2.75, 3.05) is 11.0 Å². The van der Waals surface area contributed by atoms with Gasteiger partial charge in [-0.25, -0.2) is 8.42 Å². The van der Waals surface area contributed by atoms with Gasteiger partial charge in [0.2, 0.25) is 21.8 Å². The number of hydrogen-bond donors (Lipinski definition) is 1. The van der Waals surface area contributed by atoms with Crippen LogP contribution in [0.4, 0.5) is 5.69 Å². The summed E-state index contributed by atoms with van der Waals surface area (Å²) in [6.45, 7) is 2.03. The van der Waals surface area contributed by atoms with Crippen LogP contribution in [0, 0.1) is 0 Å². The zero-order chi connectivity index (χ0) is 25.5. The molecule has 0 unspecified atom stereocenters. The van der Waals surface area contributed by atoms with Crippen LogP contribution in [0.3, 0.4) is 0 Å². The fraction of sp³-hybridized carbons (Fsp3) is 0.154. The summed E-state index contributed by atoms with van der Waals surface area (Å²) in [6, 6.07) is 22.0. The topological polar surface area (TPSA) is 90.0 Å². The van der Waals surface area contributed by atoms with E-state index >= 15 is 0 Å². The van der Waals surface area contributed by atoms with E-state index in [0.717, 1.165) is 28.3 Å². The lowest BCUT2D eigenvalue weighted by Crippen LogP contribution is -2.35. The Morgan fingerprint density at radius 1 is 0.944 bits per heavy atom. The normalized spacial score (nSPS) is 13.6. The largest absolute Gasteiger partial charge is 0.418 e. The summed E-state index contributed by atoms with van der Waals surface area (Å²) >= 11 is 12.3. The minimum Gasteiger partial charge on any atom is -0.418 e. The Bertz CT molecular complexity index is 1650. The predicted molar refractivity (Wildman–Crippen MR) is 143 cm³/mol. The van der Waals surface area contributed by atoms with E-state index < -0.39 is 15.6 Å². The van der Waals surface area contributed by atoms with E-state index in [4.69, 9.17) is 27.6 Å². The Balaban J connectivity index is 1.75. The Morgan fingerprint density at radius 2 is 1.61 bits per heavy atom. The van der Waals surface area contributed by atoms with Crippen LogP contribution < -0.4 is 4.72 Å². The van der Waals surface area contributed by atoms with Crippen LogP contribution >= 0.6 is 23.2 Å². The third kappa shape index (κ3) is 4.36. The van der Waals surface area contributed by atoms with Gasteiger partial charge in [0.15, 0.2) is 0 Å². The van der Waals surface area contributed by atoms with Crippen molar-refractivity contribution in [3.05, 3.63) is 100 Å². The van der Waals surface area contributed by atoms with Gasteiger partial charge >= 0.3 is 0 Å². The molecular weight excluding hydrogens is 519 g/mol. The first-order valence-corrected chi connectivity index (χ1v) is 13.8. The van der Waals surface area contributed by atoms with Gasteiger partial charge in [-0.05, 0) is 66.6 Å². The molecule has 10 heteroatoms. The first kappa shape index (κ1) is 24.4. The molecule has 0 fully saturated rings. The van der Waals surface area contributed by atoms with Crippen LogP contribution in [0.25, 0.3) is 22.4 Å². The van der Waals surface area contributed by atoms with Crippen molar-refractivity contribution in [1.29, 1.82) is 0 Å². The zero-order valence-corrected chi connectivity index (χ0v) is 21.8. The highest BCUT2D eigenvalue weighted by Gasteiger charge is 2.41. The number of fused-ring (bicyclic) bond motifs is 1. The van der Waals surface area contributed by atoms with Crippen molar-refractivity contribution in [3.8, 4) is 11.5 Å². The van der Waals surface area contributed by atoms with Gasteiger partial charge < -0.3 is 8.98 Å². The van der Waals surface area contributed by atoms with E-state index in [2.05, 4.69) is 14.9 Å². The quantitative estimate of drug-likeness (QED) is 0.252. The van der Waals surface area contributed by atoms with E-state index in [9.17, 15) is 8.42 Å². The molecule has 1 N–H and O–H groups in total. The SMILES string of the molecule is CC[C@@](c1ccc(Cl)cc1)(c1nnc(-c2ccc(Cl)cc2)o1)n1ccc2c(NS(C)(=O)=O)cccc21. The fourth-order valence-corrected chi connectivity index (χ4v) is 5.34. The maximum atomic E-state index is 12.0. The molecule has 5 rings (SSSR count). The molecule has 0 radical (unpaired) electrons. The van der Waals surface area contributed by atoms with Crippen LogP contribution in [0.1, 0.15) is 24.8 Å². The van der Waals surface area contributed by atoms with Gasteiger partial charge in [-0.1, -0.05) is 48.3 Å². The standard InChI is InChI=1S/C26H22Cl2N4O3S/c1-3-26(18-9-13-20(28)14-10-18,25-30-29-24(35-25)17-7-11-19(27)12-8-17)32-16-15-21-22(31-36(2,33)34)5-4-6-23(21)32/h4-16,31H,3H2,1-2H3/t26-/m1/s1. The van der Waals surface area contributed by atoms with Crippen molar-refractivity contribution in [1.82, 2.24) is 14.8 Å². The second-order valence-electron chi connectivity index (χ2n) is 8.44. The van der Waals surface area contributed by atoms with Gasteiger partial charge in [-0.3, -0.25) is 4.72 Å². The van der Waals surface area contributed by atoms with Crippen LogP contribution in [-0.2, 0) is 15.6 Å². The molecule has 0 aliphatic rings. The number of rotatable bonds is 7. The van der Waals surface area contributed by atoms with Gasteiger partial charge in [0.25, 0.3) is 0 Å². The molecule has 0 aliphatic heterocycles. The summed E-state index contributed by atoms with van der Waals surface area (Å²) in [5.74, 6) is 0.751. The first-order valence-electron chi connectivity index (χ1n) is 11.2. The molecule has 2 aromatic heterocycles. The molecule has 0 saturated carbocycles. The van der Waals surface area contributed by atoms with Crippen LogP contribution in [0.2, 0.25) is 10.0 Å². The zero-order valence-electron chi connectivity index (χ0n) is 19.4. The molecule has 0 amide bonds. The molecule has 0 bridgehead atoms. The van der Waals surface area contributed by atoms with Crippen LogP contribution in [0.5, 0.6) is 0 Å². The molecule has 2 heterocycles. The highest BCUT2D eigenvalue weighted by atomic mass is 35.5. The molecule has 0 saturated heterocycles. The summed E-state index contributed by atoms with van der Waals surface area (Å²) in [6.07, 6.45) is 3.59. The van der Waals surface area contributed by atoms with Crippen molar-refractivity contribution in [2.45, 2.75) is 18.9 Å². The second kappa shape index (κ2) is 9.28. The summed E-state index contributed by atoms with van der Waals surface area (Å²) in [4.78, 5) is 0. The molecule has 3 aromatic carbocycles. The summed E-state index contributed by atoms with van der Waals surface area (Å²) < 4.78 is 34.9. The average Bonchev–Trinajstić information content (AvgIpc) is 3.50. The van der Waals surface area contributed by atoms with E-state index in [1.54, 1.807) is 18.2 Å². The van der Waals surface area contributed by atoms with Crippen LogP contribution in [0.15, 0.2) is 83.4 Å². The smallest absolute Gasteiger partial charge is 0.247 e. The van der Waals surface area contributed by atoms with Crippen molar-refractivity contribution >= 4 is 49.8 Å². The Morgan fingerprint density at radius 3 is 2.25 bits per heavy atom.